The van der Waals surface area contributed by atoms with Crippen LogP contribution in [-0.4, -0.2) is 14.3 Å². The molecule has 6 heteroatoms. The molecule has 0 spiro atoms. The van der Waals surface area contributed by atoms with Crippen LogP contribution in [-0.2, 0) is 26.8 Å². The quantitative estimate of drug-likeness (QED) is 0.904. The standard InChI is InChI=1S/C17H18N2O3S/c1-17(2,13-6-4-3-5-7-13)19-23(21,22)14-8-9-15-12(10-14)11-16(20)18-15/h3-10,19H,11H2,1-2H3,(H,18,20). The van der Waals surface area contributed by atoms with Crippen LogP contribution in [0.2, 0.25) is 0 Å². The smallest absolute Gasteiger partial charge is 0.241 e. The maximum absolute atomic E-state index is 12.7. The first-order chi connectivity index (χ1) is 10.8. The summed E-state index contributed by atoms with van der Waals surface area (Å²) in [6, 6.07) is 14.1. The molecule has 5 nitrogen and oxygen atoms in total. The van der Waals surface area contributed by atoms with Gasteiger partial charge in [0.15, 0.2) is 0 Å². The number of hydrogen-bond acceptors (Lipinski definition) is 3. The minimum atomic E-state index is -3.69. The number of amides is 1. The Morgan fingerprint density at radius 1 is 1.09 bits per heavy atom. The Kier molecular flexibility index (Phi) is 3.74. The van der Waals surface area contributed by atoms with E-state index in [2.05, 4.69) is 10.0 Å². The Bertz CT molecular complexity index is 859. The van der Waals surface area contributed by atoms with Gasteiger partial charge in [0.05, 0.1) is 16.9 Å². The predicted octanol–water partition coefficient (Wildman–Crippen LogP) is 2.39. The van der Waals surface area contributed by atoms with Crippen LogP contribution >= 0.6 is 0 Å². The molecule has 0 aromatic heterocycles. The third kappa shape index (κ3) is 3.13. The number of nitrogens with one attached hydrogen (secondary N) is 2. The largest absolute Gasteiger partial charge is 0.326 e. The molecule has 1 aliphatic heterocycles. The van der Waals surface area contributed by atoms with Gasteiger partial charge in [-0.15, -0.1) is 0 Å². The summed E-state index contributed by atoms with van der Waals surface area (Å²) in [4.78, 5) is 11.6. The molecule has 2 N–H and O–H groups in total. The van der Waals surface area contributed by atoms with Crippen molar-refractivity contribution in [3.05, 3.63) is 59.7 Å². The third-order valence-electron chi connectivity index (χ3n) is 3.90. The van der Waals surface area contributed by atoms with E-state index in [0.29, 0.717) is 11.3 Å². The van der Waals surface area contributed by atoms with E-state index in [4.69, 9.17) is 0 Å². The van der Waals surface area contributed by atoms with E-state index in [0.717, 1.165) is 5.56 Å². The fourth-order valence-corrected chi connectivity index (χ4v) is 4.13. The highest BCUT2D eigenvalue weighted by Crippen LogP contribution is 2.28. The van der Waals surface area contributed by atoms with E-state index < -0.39 is 15.6 Å². The Morgan fingerprint density at radius 3 is 2.48 bits per heavy atom. The molecule has 1 amide bonds. The monoisotopic (exact) mass is 330 g/mol. The molecule has 23 heavy (non-hydrogen) atoms. The highest BCUT2D eigenvalue weighted by molar-refractivity contribution is 7.89. The van der Waals surface area contributed by atoms with Crippen molar-refractivity contribution in [1.82, 2.24) is 4.72 Å². The Labute approximate surface area is 135 Å². The molecule has 0 fully saturated rings. The normalized spacial score (nSPS) is 14.4. The van der Waals surface area contributed by atoms with Gasteiger partial charge in [-0.05, 0) is 43.2 Å². The summed E-state index contributed by atoms with van der Waals surface area (Å²) in [5.74, 6) is -0.118. The predicted molar refractivity (Wildman–Crippen MR) is 88.6 cm³/mol. The first-order valence-corrected chi connectivity index (χ1v) is 8.78. The van der Waals surface area contributed by atoms with Crippen LogP contribution < -0.4 is 10.0 Å². The average Bonchev–Trinajstić information content (AvgIpc) is 2.86. The first kappa shape index (κ1) is 15.7. The number of anilines is 1. The van der Waals surface area contributed by atoms with E-state index in [-0.39, 0.29) is 17.2 Å². The Hall–Kier alpha value is -2.18. The van der Waals surface area contributed by atoms with E-state index >= 15 is 0 Å². The van der Waals surface area contributed by atoms with Crippen molar-refractivity contribution < 1.29 is 13.2 Å². The fraction of sp³-hybridized carbons (Fsp3) is 0.235. The molecule has 3 rings (SSSR count). The molecule has 0 saturated heterocycles. The minimum absolute atomic E-state index is 0.118. The second-order valence-electron chi connectivity index (χ2n) is 6.14. The molecule has 0 atom stereocenters. The first-order valence-electron chi connectivity index (χ1n) is 7.30. The number of fused-ring (bicyclic) bond motifs is 1. The fourth-order valence-electron chi connectivity index (χ4n) is 2.68. The average molecular weight is 330 g/mol. The molecular formula is C17H18N2O3S. The van der Waals surface area contributed by atoms with Gasteiger partial charge in [-0.3, -0.25) is 4.79 Å². The van der Waals surface area contributed by atoms with Crippen LogP contribution in [0, 0.1) is 0 Å². The van der Waals surface area contributed by atoms with Gasteiger partial charge in [-0.25, -0.2) is 13.1 Å². The molecular weight excluding hydrogens is 312 g/mol. The SMILES string of the molecule is CC(C)(NS(=O)(=O)c1ccc2c(c1)CC(=O)N2)c1ccccc1. The lowest BCUT2D eigenvalue weighted by atomic mass is 9.96. The molecule has 120 valence electrons. The van der Waals surface area contributed by atoms with E-state index in [9.17, 15) is 13.2 Å². The van der Waals surface area contributed by atoms with Crippen LogP contribution in [0.1, 0.15) is 25.0 Å². The maximum Gasteiger partial charge on any atom is 0.241 e. The summed E-state index contributed by atoms with van der Waals surface area (Å²) < 4.78 is 28.1. The molecule has 0 aliphatic carbocycles. The highest BCUT2D eigenvalue weighted by Gasteiger charge is 2.29. The van der Waals surface area contributed by atoms with Crippen molar-refractivity contribution in [3.8, 4) is 0 Å². The van der Waals surface area contributed by atoms with E-state index in [1.54, 1.807) is 12.1 Å². The van der Waals surface area contributed by atoms with Crippen molar-refractivity contribution in [2.45, 2.75) is 30.7 Å². The van der Waals surface area contributed by atoms with Crippen LogP contribution in [0.5, 0.6) is 0 Å². The number of carbonyl (C=O) groups is 1. The molecule has 2 aromatic carbocycles. The number of hydrogen-bond donors (Lipinski definition) is 2. The second-order valence-corrected chi connectivity index (χ2v) is 7.82. The van der Waals surface area contributed by atoms with Gasteiger partial charge in [0, 0.05) is 5.69 Å². The van der Waals surface area contributed by atoms with E-state index in [1.807, 2.05) is 44.2 Å². The summed E-state index contributed by atoms with van der Waals surface area (Å²) in [5.41, 5.74) is 1.51. The molecule has 1 heterocycles. The number of sulfonamides is 1. The second kappa shape index (κ2) is 5.47. The van der Waals surface area contributed by atoms with Gasteiger partial charge in [0.1, 0.15) is 0 Å². The van der Waals surface area contributed by atoms with Crippen molar-refractivity contribution in [2.24, 2.45) is 0 Å². The summed E-state index contributed by atoms with van der Waals surface area (Å²) in [6.07, 6.45) is 0.209. The zero-order valence-electron chi connectivity index (χ0n) is 13.0. The Balaban J connectivity index is 1.91. The van der Waals surface area contributed by atoms with Gasteiger partial charge >= 0.3 is 0 Å². The molecule has 0 radical (unpaired) electrons. The molecule has 1 aliphatic rings. The molecule has 0 saturated carbocycles. The zero-order valence-corrected chi connectivity index (χ0v) is 13.8. The molecule has 2 aromatic rings. The zero-order chi connectivity index (χ0) is 16.7. The van der Waals surface area contributed by atoms with Crippen LogP contribution in [0.4, 0.5) is 5.69 Å². The van der Waals surface area contributed by atoms with Gasteiger partial charge < -0.3 is 5.32 Å². The lowest BCUT2D eigenvalue weighted by molar-refractivity contribution is -0.115. The van der Waals surface area contributed by atoms with Gasteiger partial charge in [0.25, 0.3) is 0 Å². The van der Waals surface area contributed by atoms with Gasteiger partial charge in [-0.2, -0.15) is 0 Å². The van der Waals surface area contributed by atoms with Crippen molar-refractivity contribution >= 4 is 21.6 Å². The maximum atomic E-state index is 12.7. The lowest BCUT2D eigenvalue weighted by Crippen LogP contribution is -2.40. The molecule has 0 unspecified atom stereocenters. The minimum Gasteiger partial charge on any atom is -0.326 e. The van der Waals surface area contributed by atoms with Crippen molar-refractivity contribution in [3.63, 3.8) is 0 Å². The summed E-state index contributed by atoms with van der Waals surface area (Å²) in [6.45, 7) is 3.64. The highest BCUT2D eigenvalue weighted by atomic mass is 32.2. The Morgan fingerprint density at radius 2 is 1.78 bits per heavy atom. The number of benzene rings is 2. The number of carbonyl (C=O) groups excluding carboxylic acids is 1. The van der Waals surface area contributed by atoms with Gasteiger partial charge in [0.2, 0.25) is 15.9 Å². The molecule has 0 bridgehead atoms. The lowest BCUT2D eigenvalue weighted by Gasteiger charge is -2.26. The van der Waals surface area contributed by atoms with Crippen molar-refractivity contribution in [1.29, 1.82) is 0 Å². The summed E-state index contributed by atoms with van der Waals surface area (Å²) >= 11 is 0. The van der Waals surface area contributed by atoms with Crippen LogP contribution in [0.3, 0.4) is 0 Å². The van der Waals surface area contributed by atoms with E-state index in [1.165, 1.54) is 6.07 Å². The number of rotatable bonds is 4. The topological polar surface area (TPSA) is 75.3 Å². The summed E-state index contributed by atoms with van der Waals surface area (Å²) in [5, 5.41) is 2.70. The third-order valence-corrected chi connectivity index (χ3v) is 5.55. The van der Waals surface area contributed by atoms with Crippen LogP contribution in [0.25, 0.3) is 0 Å². The summed E-state index contributed by atoms with van der Waals surface area (Å²) in [7, 11) is -3.69. The van der Waals surface area contributed by atoms with Gasteiger partial charge in [-0.1, -0.05) is 30.3 Å². The van der Waals surface area contributed by atoms with Crippen molar-refractivity contribution in [2.75, 3.05) is 5.32 Å². The van der Waals surface area contributed by atoms with Crippen LogP contribution in [0.15, 0.2) is 53.4 Å².